The first-order valence-electron chi connectivity index (χ1n) is 4.19. The molecular formula is C11H8FNS. The Labute approximate surface area is 86.0 Å². The molecule has 0 amide bonds. The maximum absolute atomic E-state index is 12.7. The molecule has 0 spiro atoms. The van der Waals surface area contributed by atoms with Gasteiger partial charge in [0.2, 0.25) is 5.95 Å². The third-order valence-electron chi connectivity index (χ3n) is 1.68. The summed E-state index contributed by atoms with van der Waals surface area (Å²) in [6.07, 6.45) is 1.47. The quantitative estimate of drug-likeness (QED) is 0.697. The fraction of sp³-hybridized carbons (Fsp3) is 0. The number of pyridine rings is 1. The first kappa shape index (κ1) is 9.21. The van der Waals surface area contributed by atoms with Crippen molar-refractivity contribution in [2.75, 3.05) is 0 Å². The first-order valence-corrected chi connectivity index (χ1v) is 5.01. The third kappa shape index (κ3) is 2.33. The number of nitrogens with zero attached hydrogens (tertiary/aromatic N) is 1. The second kappa shape index (κ2) is 4.24. The molecule has 1 heterocycles. The average Bonchev–Trinajstić information content (AvgIpc) is 2.19. The van der Waals surface area contributed by atoms with Crippen LogP contribution in [0.25, 0.3) is 0 Å². The molecule has 0 bridgehead atoms. The minimum Gasteiger partial charge on any atom is -0.228 e. The molecule has 2 rings (SSSR count). The van der Waals surface area contributed by atoms with Gasteiger partial charge in [-0.1, -0.05) is 30.0 Å². The third-order valence-corrected chi connectivity index (χ3v) is 2.67. The lowest BCUT2D eigenvalue weighted by Gasteiger charge is -1.99. The van der Waals surface area contributed by atoms with Crippen LogP contribution in [0.5, 0.6) is 0 Å². The van der Waals surface area contributed by atoms with Gasteiger partial charge in [0, 0.05) is 22.1 Å². The lowest BCUT2D eigenvalue weighted by Crippen LogP contribution is -1.80. The Morgan fingerprint density at radius 3 is 2.50 bits per heavy atom. The Morgan fingerprint density at radius 1 is 1.00 bits per heavy atom. The largest absolute Gasteiger partial charge is 0.228 e. The predicted molar refractivity (Wildman–Crippen MR) is 54.8 cm³/mol. The topological polar surface area (TPSA) is 12.9 Å². The van der Waals surface area contributed by atoms with E-state index in [0.29, 0.717) is 0 Å². The second-order valence-electron chi connectivity index (χ2n) is 2.73. The van der Waals surface area contributed by atoms with Gasteiger partial charge in [0.15, 0.2) is 0 Å². The molecule has 3 heteroatoms. The first-order chi connectivity index (χ1) is 6.84. The molecule has 1 nitrogen and oxygen atoms in total. The highest BCUT2D eigenvalue weighted by molar-refractivity contribution is 7.99. The van der Waals surface area contributed by atoms with Crippen LogP contribution in [0.4, 0.5) is 4.39 Å². The number of aromatic nitrogens is 1. The minimum atomic E-state index is -0.439. The summed E-state index contributed by atoms with van der Waals surface area (Å²) < 4.78 is 12.7. The van der Waals surface area contributed by atoms with Crippen molar-refractivity contribution in [2.45, 2.75) is 9.79 Å². The van der Waals surface area contributed by atoms with Gasteiger partial charge in [-0.15, -0.1) is 0 Å². The van der Waals surface area contributed by atoms with Gasteiger partial charge in [0.1, 0.15) is 0 Å². The van der Waals surface area contributed by atoms with Gasteiger partial charge >= 0.3 is 0 Å². The zero-order valence-corrected chi connectivity index (χ0v) is 8.17. The van der Waals surface area contributed by atoms with Crippen LogP contribution in [0.3, 0.4) is 0 Å². The monoisotopic (exact) mass is 205 g/mol. The van der Waals surface area contributed by atoms with Gasteiger partial charge in [0.05, 0.1) is 0 Å². The van der Waals surface area contributed by atoms with Crippen LogP contribution in [-0.2, 0) is 0 Å². The Balaban J connectivity index is 2.19. The molecule has 0 aliphatic heterocycles. The molecule has 1 aromatic carbocycles. The fourth-order valence-corrected chi connectivity index (χ4v) is 1.92. The number of hydrogen-bond acceptors (Lipinski definition) is 2. The van der Waals surface area contributed by atoms with Crippen LogP contribution in [0.2, 0.25) is 0 Å². The van der Waals surface area contributed by atoms with Gasteiger partial charge in [-0.3, -0.25) is 0 Å². The van der Waals surface area contributed by atoms with Gasteiger partial charge in [-0.2, -0.15) is 4.39 Å². The normalized spacial score (nSPS) is 10.1. The summed E-state index contributed by atoms with van der Waals surface area (Å²) in [5.74, 6) is -0.439. The molecule has 70 valence electrons. The van der Waals surface area contributed by atoms with E-state index in [1.54, 1.807) is 6.07 Å². The van der Waals surface area contributed by atoms with Crippen molar-refractivity contribution in [1.29, 1.82) is 0 Å². The SMILES string of the molecule is Fc1cc(Sc2ccccc2)ccn1. The molecule has 0 N–H and O–H groups in total. The van der Waals surface area contributed by atoms with Crippen molar-refractivity contribution < 1.29 is 4.39 Å². The number of halogens is 1. The molecule has 1 aromatic heterocycles. The molecule has 0 unspecified atom stereocenters. The molecule has 0 saturated carbocycles. The molecule has 14 heavy (non-hydrogen) atoms. The summed E-state index contributed by atoms with van der Waals surface area (Å²) in [5.41, 5.74) is 0. The predicted octanol–water partition coefficient (Wildman–Crippen LogP) is 3.37. The van der Waals surface area contributed by atoms with Gasteiger partial charge < -0.3 is 0 Å². The molecule has 0 aliphatic rings. The Morgan fingerprint density at radius 2 is 1.79 bits per heavy atom. The van der Waals surface area contributed by atoms with Crippen molar-refractivity contribution in [3.8, 4) is 0 Å². The second-order valence-corrected chi connectivity index (χ2v) is 3.88. The van der Waals surface area contributed by atoms with Gasteiger partial charge in [-0.05, 0) is 18.2 Å². The Kier molecular flexibility index (Phi) is 2.79. The summed E-state index contributed by atoms with van der Waals surface area (Å²) in [6, 6.07) is 13.1. The van der Waals surface area contributed by atoms with Crippen molar-refractivity contribution >= 4 is 11.8 Å². The lowest BCUT2D eigenvalue weighted by atomic mass is 10.4. The van der Waals surface area contributed by atoms with Gasteiger partial charge in [0.25, 0.3) is 0 Å². The van der Waals surface area contributed by atoms with Crippen LogP contribution in [-0.4, -0.2) is 4.98 Å². The summed E-state index contributed by atoms with van der Waals surface area (Å²) >= 11 is 1.52. The zero-order chi connectivity index (χ0) is 9.80. The number of rotatable bonds is 2. The van der Waals surface area contributed by atoms with Crippen LogP contribution in [0, 0.1) is 5.95 Å². The van der Waals surface area contributed by atoms with E-state index in [1.165, 1.54) is 24.0 Å². The average molecular weight is 205 g/mol. The number of benzene rings is 1. The van der Waals surface area contributed by atoms with Crippen molar-refractivity contribution in [3.05, 3.63) is 54.6 Å². The standard InChI is InChI=1S/C11H8FNS/c12-11-8-10(6-7-13-11)14-9-4-2-1-3-5-9/h1-8H. The Hall–Kier alpha value is -1.35. The van der Waals surface area contributed by atoms with Crippen molar-refractivity contribution in [3.63, 3.8) is 0 Å². The van der Waals surface area contributed by atoms with E-state index in [4.69, 9.17) is 0 Å². The van der Waals surface area contributed by atoms with Crippen molar-refractivity contribution in [2.24, 2.45) is 0 Å². The maximum Gasteiger partial charge on any atom is 0.213 e. The highest BCUT2D eigenvalue weighted by Crippen LogP contribution is 2.26. The van der Waals surface area contributed by atoms with Crippen LogP contribution in [0.15, 0.2) is 58.5 Å². The van der Waals surface area contributed by atoms with Crippen molar-refractivity contribution in [1.82, 2.24) is 4.98 Å². The smallest absolute Gasteiger partial charge is 0.213 e. The minimum absolute atomic E-state index is 0.439. The summed E-state index contributed by atoms with van der Waals surface area (Å²) in [6.45, 7) is 0. The molecular weight excluding hydrogens is 197 g/mol. The van der Waals surface area contributed by atoms with E-state index in [-0.39, 0.29) is 0 Å². The molecule has 0 fully saturated rings. The summed E-state index contributed by atoms with van der Waals surface area (Å²) in [4.78, 5) is 5.46. The highest BCUT2D eigenvalue weighted by atomic mass is 32.2. The molecule has 0 saturated heterocycles. The molecule has 0 radical (unpaired) electrons. The Bertz CT molecular complexity index is 417. The van der Waals surface area contributed by atoms with E-state index >= 15 is 0 Å². The lowest BCUT2D eigenvalue weighted by molar-refractivity contribution is 0.579. The zero-order valence-electron chi connectivity index (χ0n) is 7.35. The van der Waals surface area contributed by atoms with E-state index in [1.807, 2.05) is 30.3 Å². The van der Waals surface area contributed by atoms with Crippen LogP contribution in [0.1, 0.15) is 0 Å². The van der Waals surface area contributed by atoms with Crippen LogP contribution >= 0.6 is 11.8 Å². The van der Waals surface area contributed by atoms with Crippen LogP contribution < -0.4 is 0 Å². The summed E-state index contributed by atoms with van der Waals surface area (Å²) in [5, 5.41) is 0. The van der Waals surface area contributed by atoms with Gasteiger partial charge in [-0.25, -0.2) is 4.98 Å². The molecule has 0 atom stereocenters. The van der Waals surface area contributed by atoms with E-state index in [0.717, 1.165) is 9.79 Å². The highest BCUT2D eigenvalue weighted by Gasteiger charge is 1.98. The van der Waals surface area contributed by atoms with E-state index in [2.05, 4.69) is 4.98 Å². The molecule has 0 aliphatic carbocycles. The van der Waals surface area contributed by atoms with E-state index in [9.17, 15) is 4.39 Å². The molecule has 2 aromatic rings. The summed E-state index contributed by atoms with van der Waals surface area (Å²) in [7, 11) is 0. The number of hydrogen-bond donors (Lipinski definition) is 0. The maximum atomic E-state index is 12.7. The fourth-order valence-electron chi connectivity index (χ4n) is 1.07. The van der Waals surface area contributed by atoms with E-state index < -0.39 is 5.95 Å².